The molecule has 1 aliphatic carbocycles. The van der Waals surface area contributed by atoms with E-state index in [1.165, 1.54) is 12.0 Å². The molecule has 1 saturated carbocycles. The Hall–Kier alpha value is -1.31. The molecule has 104 valence electrons. The Morgan fingerprint density at radius 3 is 2.16 bits per heavy atom. The molecule has 0 amide bonds. The smallest absolute Gasteiger partial charge is 0.310 e. The van der Waals surface area contributed by atoms with Crippen LogP contribution in [-0.2, 0) is 4.79 Å². The van der Waals surface area contributed by atoms with Gasteiger partial charge in [-0.3, -0.25) is 4.79 Å². The van der Waals surface area contributed by atoms with Gasteiger partial charge in [-0.1, -0.05) is 63.4 Å². The predicted molar refractivity (Wildman–Crippen MR) is 77.2 cm³/mol. The molecule has 1 unspecified atom stereocenters. The normalized spacial score (nSPS) is 20.2. The second-order valence-electron chi connectivity index (χ2n) is 6.15. The van der Waals surface area contributed by atoms with E-state index in [0.29, 0.717) is 5.92 Å². The van der Waals surface area contributed by atoms with Gasteiger partial charge in [-0.05, 0) is 24.3 Å². The monoisotopic (exact) mass is 260 g/mol. The van der Waals surface area contributed by atoms with Gasteiger partial charge in [0, 0.05) is 5.92 Å². The zero-order valence-corrected chi connectivity index (χ0v) is 11.9. The van der Waals surface area contributed by atoms with Crippen LogP contribution in [0.15, 0.2) is 30.3 Å². The summed E-state index contributed by atoms with van der Waals surface area (Å²) in [6, 6.07) is 10.2. The van der Waals surface area contributed by atoms with Crippen molar-refractivity contribution >= 4 is 5.97 Å². The van der Waals surface area contributed by atoms with Crippen molar-refractivity contribution in [2.24, 2.45) is 11.3 Å². The highest BCUT2D eigenvalue weighted by molar-refractivity contribution is 5.76. The van der Waals surface area contributed by atoms with E-state index in [9.17, 15) is 9.90 Å². The van der Waals surface area contributed by atoms with E-state index in [1.807, 2.05) is 18.2 Å². The Bertz CT molecular complexity index is 416. The molecule has 0 saturated heterocycles. The lowest BCUT2D eigenvalue weighted by atomic mass is 9.60. The molecular weight excluding hydrogens is 236 g/mol. The van der Waals surface area contributed by atoms with E-state index in [2.05, 4.69) is 26.0 Å². The fraction of sp³-hybridized carbons (Fsp3) is 0.588. The molecule has 1 aromatic carbocycles. The van der Waals surface area contributed by atoms with Crippen LogP contribution in [-0.4, -0.2) is 11.1 Å². The van der Waals surface area contributed by atoms with Crippen molar-refractivity contribution in [1.29, 1.82) is 0 Å². The molecule has 0 bridgehead atoms. The van der Waals surface area contributed by atoms with Crippen LogP contribution < -0.4 is 0 Å². The zero-order chi connectivity index (χ0) is 13.9. The highest BCUT2D eigenvalue weighted by Gasteiger charge is 2.47. The molecule has 2 heteroatoms. The second-order valence-corrected chi connectivity index (χ2v) is 6.15. The maximum absolute atomic E-state index is 12.0. The first-order chi connectivity index (χ1) is 9.08. The van der Waals surface area contributed by atoms with Gasteiger partial charge in [0.15, 0.2) is 0 Å². The summed E-state index contributed by atoms with van der Waals surface area (Å²) in [4.78, 5) is 12.0. The maximum Gasteiger partial charge on any atom is 0.310 e. The Kier molecular flexibility index (Phi) is 4.28. The Balaban J connectivity index is 2.43. The number of carbonyl (C=O) groups is 1. The average Bonchev–Trinajstić information content (AvgIpc) is 2.40. The van der Waals surface area contributed by atoms with Crippen molar-refractivity contribution in [2.45, 2.75) is 51.9 Å². The highest BCUT2D eigenvalue weighted by Crippen LogP contribution is 2.50. The number of carboxylic acid groups (broad SMARTS) is 1. The van der Waals surface area contributed by atoms with Crippen LogP contribution >= 0.6 is 0 Å². The minimum absolute atomic E-state index is 0.117. The fourth-order valence-electron chi connectivity index (χ4n) is 3.84. The van der Waals surface area contributed by atoms with Crippen molar-refractivity contribution in [3.05, 3.63) is 35.9 Å². The largest absolute Gasteiger partial charge is 0.481 e. The molecule has 2 nitrogen and oxygen atoms in total. The summed E-state index contributed by atoms with van der Waals surface area (Å²) < 4.78 is 0. The molecule has 0 aromatic heterocycles. The summed E-state index contributed by atoms with van der Waals surface area (Å²) in [5.74, 6) is -0.141. The van der Waals surface area contributed by atoms with E-state index in [4.69, 9.17) is 0 Å². The van der Waals surface area contributed by atoms with Crippen LogP contribution in [0.1, 0.15) is 57.4 Å². The molecule has 1 atom stereocenters. The lowest BCUT2D eigenvalue weighted by Gasteiger charge is -2.42. The van der Waals surface area contributed by atoms with E-state index in [-0.39, 0.29) is 5.92 Å². The Morgan fingerprint density at radius 2 is 1.68 bits per heavy atom. The van der Waals surface area contributed by atoms with Crippen molar-refractivity contribution in [3.63, 3.8) is 0 Å². The van der Waals surface area contributed by atoms with Gasteiger partial charge in [-0.15, -0.1) is 0 Å². The Labute approximate surface area is 115 Å². The van der Waals surface area contributed by atoms with Gasteiger partial charge in [-0.25, -0.2) is 0 Å². The molecule has 0 aliphatic heterocycles. The third-order valence-electron chi connectivity index (χ3n) is 4.59. The number of hydrogen-bond donors (Lipinski definition) is 1. The number of aliphatic carboxylic acids is 1. The van der Waals surface area contributed by atoms with Crippen LogP contribution in [0.3, 0.4) is 0 Å². The van der Waals surface area contributed by atoms with E-state index >= 15 is 0 Å². The highest BCUT2D eigenvalue weighted by atomic mass is 16.4. The first-order valence-corrected chi connectivity index (χ1v) is 7.36. The van der Waals surface area contributed by atoms with Crippen molar-refractivity contribution in [1.82, 2.24) is 0 Å². The van der Waals surface area contributed by atoms with Gasteiger partial charge >= 0.3 is 5.97 Å². The quantitative estimate of drug-likeness (QED) is 0.867. The van der Waals surface area contributed by atoms with Crippen LogP contribution in [0.5, 0.6) is 0 Å². The Morgan fingerprint density at radius 1 is 1.11 bits per heavy atom. The third kappa shape index (κ3) is 2.68. The average molecular weight is 260 g/mol. The van der Waals surface area contributed by atoms with Crippen LogP contribution in [0, 0.1) is 11.3 Å². The molecule has 19 heavy (non-hydrogen) atoms. The third-order valence-corrected chi connectivity index (χ3v) is 4.59. The topological polar surface area (TPSA) is 37.3 Å². The van der Waals surface area contributed by atoms with Gasteiger partial charge < -0.3 is 5.11 Å². The first-order valence-electron chi connectivity index (χ1n) is 7.36. The number of rotatable bonds is 4. The summed E-state index contributed by atoms with van der Waals surface area (Å²) >= 11 is 0. The zero-order valence-electron chi connectivity index (χ0n) is 11.9. The maximum atomic E-state index is 12.0. The molecular formula is C17H24O2. The van der Waals surface area contributed by atoms with Gasteiger partial charge in [0.05, 0.1) is 5.41 Å². The number of benzene rings is 1. The number of hydrogen-bond acceptors (Lipinski definition) is 1. The van der Waals surface area contributed by atoms with Crippen LogP contribution in [0.2, 0.25) is 0 Å². The summed E-state index contributed by atoms with van der Waals surface area (Å²) in [6.07, 6.45) is 4.90. The van der Waals surface area contributed by atoms with E-state index in [1.54, 1.807) is 0 Å². The molecule has 1 aliphatic rings. The SMILES string of the molecule is CC(C)C(c1ccccc1)C1(C(=O)O)CCCCC1. The van der Waals surface area contributed by atoms with Gasteiger partial charge in [0.2, 0.25) is 0 Å². The fourth-order valence-corrected chi connectivity index (χ4v) is 3.84. The minimum Gasteiger partial charge on any atom is -0.481 e. The summed E-state index contributed by atoms with van der Waals surface area (Å²) in [6.45, 7) is 4.30. The molecule has 1 fully saturated rings. The second kappa shape index (κ2) is 5.77. The summed E-state index contributed by atoms with van der Waals surface area (Å²) in [5.41, 5.74) is 0.620. The molecule has 0 spiro atoms. The van der Waals surface area contributed by atoms with E-state index in [0.717, 1.165) is 25.7 Å². The summed E-state index contributed by atoms with van der Waals surface area (Å²) in [5, 5.41) is 9.87. The lowest BCUT2D eigenvalue weighted by molar-refractivity contribution is -0.154. The summed E-state index contributed by atoms with van der Waals surface area (Å²) in [7, 11) is 0. The van der Waals surface area contributed by atoms with Crippen molar-refractivity contribution < 1.29 is 9.90 Å². The number of carboxylic acids is 1. The predicted octanol–water partition coefficient (Wildman–Crippen LogP) is 4.46. The first kappa shape index (κ1) is 14.1. The molecule has 1 aromatic rings. The van der Waals surface area contributed by atoms with Crippen molar-refractivity contribution in [2.75, 3.05) is 0 Å². The molecule has 0 heterocycles. The standard InChI is InChI=1S/C17H24O2/c1-13(2)15(14-9-5-3-6-10-14)17(16(18)19)11-7-4-8-12-17/h3,5-6,9-10,13,15H,4,7-8,11-12H2,1-2H3,(H,18,19). The van der Waals surface area contributed by atoms with Crippen LogP contribution in [0.25, 0.3) is 0 Å². The van der Waals surface area contributed by atoms with Crippen molar-refractivity contribution in [3.8, 4) is 0 Å². The minimum atomic E-state index is -0.602. The molecule has 2 rings (SSSR count). The molecule has 0 radical (unpaired) electrons. The van der Waals surface area contributed by atoms with Crippen LogP contribution in [0.4, 0.5) is 0 Å². The lowest BCUT2D eigenvalue weighted by Crippen LogP contribution is -2.41. The van der Waals surface area contributed by atoms with Gasteiger partial charge in [-0.2, -0.15) is 0 Å². The van der Waals surface area contributed by atoms with Gasteiger partial charge in [0.25, 0.3) is 0 Å². The van der Waals surface area contributed by atoms with E-state index < -0.39 is 11.4 Å². The van der Waals surface area contributed by atoms with Gasteiger partial charge in [0.1, 0.15) is 0 Å². The molecule has 1 N–H and O–H groups in total.